The molecule has 0 unspecified atom stereocenters. The van der Waals surface area contributed by atoms with E-state index in [1.165, 1.54) is 0 Å². The lowest BCUT2D eigenvalue weighted by molar-refractivity contribution is -0.139. The van der Waals surface area contributed by atoms with Gasteiger partial charge in [-0.15, -0.1) is 0 Å². The molecule has 0 saturated carbocycles. The van der Waals surface area contributed by atoms with Crippen molar-refractivity contribution < 1.29 is 14.7 Å². The molecular formula is C7H14N2O3. The predicted octanol–water partition coefficient (Wildman–Crippen LogP) is -1.38. The quantitative estimate of drug-likeness (QED) is 0.363. The Labute approximate surface area is 71.1 Å². The normalized spacial score (nSPS) is 9.17. The first kappa shape index (κ1) is 10.9. The lowest BCUT2D eigenvalue weighted by atomic mass is 10.4. The molecule has 0 aromatic carbocycles. The van der Waals surface area contributed by atoms with Gasteiger partial charge < -0.3 is 15.7 Å². The molecule has 3 N–H and O–H groups in total. The second-order valence-corrected chi connectivity index (χ2v) is 2.19. The van der Waals surface area contributed by atoms with E-state index in [2.05, 4.69) is 10.6 Å². The molecule has 0 atom stereocenters. The fourth-order valence-corrected chi connectivity index (χ4v) is 0.602. The Morgan fingerprint density at radius 3 is 2.33 bits per heavy atom. The van der Waals surface area contributed by atoms with Gasteiger partial charge in [-0.1, -0.05) is 0 Å². The largest absolute Gasteiger partial charge is 0.396 e. The number of hydrogen-bond donors (Lipinski definition) is 3. The van der Waals surface area contributed by atoms with Crippen LogP contribution >= 0.6 is 0 Å². The van der Waals surface area contributed by atoms with Crippen molar-refractivity contribution in [2.75, 3.05) is 19.7 Å². The molecular weight excluding hydrogens is 160 g/mol. The third-order valence-corrected chi connectivity index (χ3v) is 1.16. The Kier molecular flexibility index (Phi) is 6.00. The van der Waals surface area contributed by atoms with Gasteiger partial charge in [0.15, 0.2) is 0 Å². The summed E-state index contributed by atoms with van der Waals surface area (Å²) in [4.78, 5) is 21.6. The summed E-state index contributed by atoms with van der Waals surface area (Å²) in [5.74, 6) is -1.28. The summed E-state index contributed by atoms with van der Waals surface area (Å²) >= 11 is 0. The smallest absolute Gasteiger partial charge is 0.309 e. The van der Waals surface area contributed by atoms with Gasteiger partial charge in [0, 0.05) is 19.7 Å². The van der Waals surface area contributed by atoms with Crippen molar-refractivity contribution in [2.45, 2.75) is 13.3 Å². The number of carbonyl (C=O) groups excluding carboxylic acids is 2. The van der Waals surface area contributed by atoms with Crippen molar-refractivity contribution >= 4 is 11.8 Å². The Balaban J connectivity index is 3.50. The van der Waals surface area contributed by atoms with E-state index in [0.717, 1.165) is 0 Å². The van der Waals surface area contributed by atoms with Crippen molar-refractivity contribution in [3.63, 3.8) is 0 Å². The Morgan fingerprint density at radius 1 is 1.25 bits per heavy atom. The standard InChI is InChI=1S/C7H14N2O3/c1-2-8-6(11)7(12)9-4-3-5-10/h10H,2-5H2,1H3,(H,8,11)(H,9,12). The molecule has 0 spiro atoms. The zero-order chi connectivity index (χ0) is 9.40. The van der Waals surface area contributed by atoms with Crippen molar-refractivity contribution in [2.24, 2.45) is 0 Å². The summed E-state index contributed by atoms with van der Waals surface area (Å²) in [6.45, 7) is 2.51. The van der Waals surface area contributed by atoms with Crippen LogP contribution in [0.4, 0.5) is 0 Å². The summed E-state index contributed by atoms with van der Waals surface area (Å²) in [6.07, 6.45) is 0.463. The highest BCUT2D eigenvalue weighted by molar-refractivity contribution is 6.35. The minimum Gasteiger partial charge on any atom is -0.396 e. The maximum absolute atomic E-state index is 10.8. The minimum atomic E-state index is -0.648. The average Bonchev–Trinajstić information content (AvgIpc) is 2.05. The van der Waals surface area contributed by atoms with Gasteiger partial charge in [-0.05, 0) is 13.3 Å². The van der Waals surface area contributed by atoms with E-state index in [-0.39, 0.29) is 6.61 Å². The Morgan fingerprint density at radius 2 is 1.83 bits per heavy atom. The van der Waals surface area contributed by atoms with Gasteiger partial charge in [-0.2, -0.15) is 0 Å². The molecule has 0 aliphatic heterocycles. The van der Waals surface area contributed by atoms with Crippen LogP contribution < -0.4 is 10.6 Å². The van der Waals surface area contributed by atoms with Crippen LogP contribution in [0, 0.1) is 0 Å². The molecule has 2 amide bonds. The average molecular weight is 174 g/mol. The van der Waals surface area contributed by atoms with Gasteiger partial charge in [0.25, 0.3) is 0 Å². The molecule has 0 saturated heterocycles. The van der Waals surface area contributed by atoms with Crippen molar-refractivity contribution in [1.82, 2.24) is 10.6 Å². The first-order valence-electron chi connectivity index (χ1n) is 3.89. The van der Waals surface area contributed by atoms with Crippen molar-refractivity contribution in [3.05, 3.63) is 0 Å². The van der Waals surface area contributed by atoms with Crippen molar-refractivity contribution in [3.8, 4) is 0 Å². The maximum Gasteiger partial charge on any atom is 0.309 e. The molecule has 0 rings (SSSR count). The molecule has 12 heavy (non-hydrogen) atoms. The fourth-order valence-electron chi connectivity index (χ4n) is 0.602. The van der Waals surface area contributed by atoms with E-state index in [0.29, 0.717) is 19.5 Å². The third kappa shape index (κ3) is 4.68. The second-order valence-electron chi connectivity index (χ2n) is 2.19. The molecule has 70 valence electrons. The number of likely N-dealkylation sites (N-methyl/N-ethyl adjacent to an activating group) is 1. The number of aliphatic hydroxyl groups is 1. The first-order chi connectivity index (χ1) is 5.72. The molecule has 0 aliphatic rings. The van der Waals surface area contributed by atoms with E-state index >= 15 is 0 Å². The fraction of sp³-hybridized carbons (Fsp3) is 0.714. The molecule has 0 aromatic rings. The molecule has 0 heterocycles. The monoisotopic (exact) mass is 174 g/mol. The summed E-state index contributed by atoms with van der Waals surface area (Å²) in [5, 5.41) is 13.1. The van der Waals surface area contributed by atoms with Gasteiger partial charge in [0.2, 0.25) is 0 Å². The zero-order valence-electron chi connectivity index (χ0n) is 7.09. The zero-order valence-corrected chi connectivity index (χ0v) is 7.09. The highest BCUT2D eigenvalue weighted by Gasteiger charge is 2.09. The number of aliphatic hydroxyl groups excluding tert-OH is 1. The number of hydrogen-bond acceptors (Lipinski definition) is 3. The minimum absolute atomic E-state index is 0.00960. The maximum atomic E-state index is 10.8. The number of amides is 2. The van der Waals surface area contributed by atoms with Gasteiger partial charge in [0.1, 0.15) is 0 Å². The van der Waals surface area contributed by atoms with Gasteiger partial charge in [-0.3, -0.25) is 9.59 Å². The number of carbonyl (C=O) groups is 2. The lowest BCUT2D eigenvalue weighted by Gasteiger charge is -2.02. The molecule has 0 bridgehead atoms. The predicted molar refractivity (Wildman–Crippen MR) is 43.4 cm³/mol. The summed E-state index contributed by atoms with van der Waals surface area (Å²) in [7, 11) is 0. The molecule has 5 heteroatoms. The van der Waals surface area contributed by atoms with Crippen LogP contribution in [0.3, 0.4) is 0 Å². The van der Waals surface area contributed by atoms with E-state index in [1.54, 1.807) is 6.92 Å². The number of nitrogens with one attached hydrogen (secondary N) is 2. The molecule has 5 nitrogen and oxygen atoms in total. The van der Waals surface area contributed by atoms with Crippen LogP contribution in [0.1, 0.15) is 13.3 Å². The molecule has 0 radical (unpaired) electrons. The lowest BCUT2D eigenvalue weighted by Crippen LogP contribution is -2.40. The SMILES string of the molecule is CCNC(=O)C(=O)NCCCO. The topological polar surface area (TPSA) is 78.4 Å². The summed E-state index contributed by atoms with van der Waals surface area (Å²) in [5.41, 5.74) is 0. The van der Waals surface area contributed by atoms with Crippen LogP contribution in [0.2, 0.25) is 0 Å². The Bertz CT molecular complexity index is 159. The van der Waals surface area contributed by atoms with Gasteiger partial charge in [-0.25, -0.2) is 0 Å². The van der Waals surface area contributed by atoms with Gasteiger partial charge >= 0.3 is 11.8 Å². The van der Waals surface area contributed by atoms with Crippen LogP contribution in [0.15, 0.2) is 0 Å². The first-order valence-corrected chi connectivity index (χ1v) is 3.89. The highest BCUT2D eigenvalue weighted by atomic mass is 16.3. The van der Waals surface area contributed by atoms with E-state index in [4.69, 9.17) is 5.11 Å². The van der Waals surface area contributed by atoms with E-state index in [1.807, 2.05) is 0 Å². The van der Waals surface area contributed by atoms with Crippen LogP contribution in [-0.2, 0) is 9.59 Å². The summed E-state index contributed by atoms with van der Waals surface area (Å²) < 4.78 is 0. The van der Waals surface area contributed by atoms with Crippen LogP contribution in [0.5, 0.6) is 0 Å². The second kappa shape index (κ2) is 6.60. The van der Waals surface area contributed by atoms with Crippen molar-refractivity contribution in [1.29, 1.82) is 0 Å². The number of rotatable bonds is 4. The summed E-state index contributed by atoms with van der Waals surface area (Å²) in [6, 6.07) is 0. The Hall–Kier alpha value is -1.10. The van der Waals surface area contributed by atoms with Crippen LogP contribution in [-0.4, -0.2) is 36.6 Å². The molecule has 0 aromatic heterocycles. The molecule has 0 fully saturated rings. The highest BCUT2D eigenvalue weighted by Crippen LogP contribution is 1.73. The van der Waals surface area contributed by atoms with E-state index in [9.17, 15) is 9.59 Å². The molecule has 0 aliphatic carbocycles. The van der Waals surface area contributed by atoms with Gasteiger partial charge in [0.05, 0.1) is 0 Å². The third-order valence-electron chi connectivity index (χ3n) is 1.16. The van der Waals surface area contributed by atoms with E-state index < -0.39 is 11.8 Å². The van der Waals surface area contributed by atoms with Crippen LogP contribution in [0.25, 0.3) is 0 Å².